The van der Waals surface area contributed by atoms with Crippen molar-refractivity contribution in [1.82, 2.24) is 10.3 Å². The van der Waals surface area contributed by atoms with E-state index in [1.807, 2.05) is 0 Å². The zero-order valence-corrected chi connectivity index (χ0v) is 14.3. The number of aromatic nitrogens is 1. The van der Waals surface area contributed by atoms with E-state index in [1.54, 1.807) is 50.2 Å². The number of pyridine rings is 1. The monoisotopic (exact) mass is 342 g/mol. The molecule has 0 fully saturated rings. The van der Waals surface area contributed by atoms with Gasteiger partial charge in [0.05, 0.1) is 5.56 Å². The summed E-state index contributed by atoms with van der Waals surface area (Å²) in [5, 5.41) is 10.1. The molecule has 1 aromatic heterocycles. The molecule has 0 aliphatic rings. The van der Waals surface area contributed by atoms with Crippen LogP contribution >= 0.6 is 0 Å². The summed E-state index contributed by atoms with van der Waals surface area (Å²) in [5.41, 5.74) is 7.54. The van der Waals surface area contributed by atoms with Crippen LogP contribution in [0.25, 0.3) is 0 Å². The average molecular weight is 342 g/mol. The van der Waals surface area contributed by atoms with Crippen molar-refractivity contribution >= 4 is 11.7 Å². The molecule has 1 atom stereocenters. The number of benzene rings is 1. The highest BCUT2D eigenvalue weighted by Crippen LogP contribution is 2.14. The molecule has 0 saturated heterocycles. The van der Waals surface area contributed by atoms with Crippen LogP contribution in [0.2, 0.25) is 0 Å². The van der Waals surface area contributed by atoms with Crippen LogP contribution in [0.15, 0.2) is 41.2 Å². The third-order valence-electron chi connectivity index (χ3n) is 3.67. The van der Waals surface area contributed by atoms with Gasteiger partial charge in [0, 0.05) is 24.4 Å². The van der Waals surface area contributed by atoms with Crippen LogP contribution in [0.5, 0.6) is 0 Å². The fraction of sp³-hybridized carbons (Fsp3) is 0.278. The lowest BCUT2D eigenvalue weighted by atomic mass is 10.1. The van der Waals surface area contributed by atoms with E-state index < -0.39 is 6.10 Å². The summed E-state index contributed by atoms with van der Waals surface area (Å²) >= 11 is 0. The number of amidine groups is 1. The van der Waals surface area contributed by atoms with Gasteiger partial charge in [0.1, 0.15) is 5.84 Å². The molecule has 25 heavy (non-hydrogen) atoms. The predicted octanol–water partition coefficient (Wildman–Crippen LogP) is 1.36. The van der Waals surface area contributed by atoms with E-state index in [0.29, 0.717) is 12.2 Å². The summed E-state index contributed by atoms with van der Waals surface area (Å²) in [6.45, 7) is 4.12. The maximum Gasteiger partial charge on any atom is 0.254 e. The van der Waals surface area contributed by atoms with Crippen molar-refractivity contribution in [2.24, 2.45) is 5.73 Å². The Bertz CT molecular complexity index is 812. The van der Waals surface area contributed by atoms with Gasteiger partial charge in [-0.05, 0) is 31.5 Å². The Hall–Kier alpha value is -2.93. The Kier molecular flexibility index (Phi) is 6.08. The lowest BCUT2D eigenvalue weighted by Crippen LogP contribution is -2.33. The number of ether oxygens (including phenoxy) is 1. The first-order valence-corrected chi connectivity index (χ1v) is 7.94. The smallest absolute Gasteiger partial charge is 0.254 e. The van der Waals surface area contributed by atoms with E-state index >= 15 is 0 Å². The highest BCUT2D eigenvalue weighted by molar-refractivity contribution is 5.94. The Morgan fingerprint density at radius 1 is 1.28 bits per heavy atom. The Morgan fingerprint density at radius 2 is 1.96 bits per heavy atom. The van der Waals surface area contributed by atoms with E-state index in [1.165, 1.54) is 0 Å². The molecule has 1 aromatic carbocycles. The van der Waals surface area contributed by atoms with Crippen LogP contribution in [0.4, 0.5) is 0 Å². The number of nitrogens with one attached hydrogen (secondary N) is 3. The van der Waals surface area contributed by atoms with Gasteiger partial charge < -0.3 is 20.8 Å². The molecule has 5 N–H and O–H groups in total. The second-order valence-corrected chi connectivity index (χ2v) is 5.59. The Morgan fingerprint density at radius 3 is 2.52 bits per heavy atom. The van der Waals surface area contributed by atoms with E-state index in [9.17, 15) is 9.59 Å². The van der Waals surface area contributed by atoms with Crippen LogP contribution in [0.1, 0.15) is 35.4 Å². The fourth-order valence-corrected chi connectivity index (χ4v) is 2.35. The number of H-pyrrole nitrogens is 1. The molecule has 0 radical (unpaired) electrons. The average Bonchev–Trinajstić information content (AvgIpc) is 2.58. The van der Waals surface area contributed by atoms with Crippen molar-refractivity contribution in [3.63, 3.8) is 0 Å². The van der Waals surface area contributed by atoms with E-state index in [-0.39, 0.29) is 29.4 Å². The minimum Gasteiger partial charge on any atom is -0.384 e. The SMILES string of the molecule is CCO[C@H](C(=O)NCc1ccc(C(=N)N)cc1)c1ccc(C)[nH]c1=O. The number of amides is 1. The van der Waals surface area contributed by atoms with Gasteiger partial charge in [-0.2, -0.15) is 0 Å². The molecule has 0 bridgehead atoms. The van der Waals surface area contributed by atoms with E-state index in [0.717, 1.165) is 11.3 Å². The summed E-state index contributed by atoms with van der Waals surface area (Å²) < 4.78 is 5.47. The van der Waals surface area contributed by atoms with Crippen LogP contribution < -0.4 is 16.6 Å². The number of aromatic amines is 1. The van der Waals surface area contributed by atoms with E-state index in [4.69, 9.17) is 15.9 Å². The lowest BCUT2D eigenvalue weighted by Gasteiger charge is -2.17. The summed E-state index contributed by atoms with van der Waals surface area (Å²) in [6, 6.07) is 10.3. The van der Waals surface area contributed by atoms with Crippen molar-refractivity contribution in [2.75, 3.05) is 6.61 Å². The first-order chi connectivity index (χ1) is 11.9. The minimum absolute atomic E-state index is 0.00871. The third-order valence-corrected chi connectivity index (χ3v) is 3.67. The maximum atomic E-state index is 12.5. The highest BCUT2D eigenvalue weighted by Gasteiger charge is 2.23. The maximum absolute atomic E-state index is 12.5. The zero-order valence-electron chi connectivity index (χ0n) is 14.3. The van der Waals surface area contributed by atoms with Crippen molar-refractivity contribution in [3.8, 4) is 0 Å². The number of nitrogen functional groups attached to an aromatic ring is 1. The quantitative estimate of drug-likeness (QED) is 0.448. The van der Waals surface area contributed by atoms with E-state index in [2.05, 4.69) is 10.3 Å². The molecular weight excluding hydrogens is 320 g/mol. The molecule has 0 aliphatic heterocycles. The normalized spacial score (nSPS) is 11.8. The fourth-order valence-electron chi connectivity index (χ4n) is 2.35. The second kappa shape index (κ2) is 8.25. The molecule has 0 saturated carbocycles. The summed E-state index contributed by atoms with van der Waals surface area (Å²) in [7, 11) is 0. The molecule has 2 rings (SSSR count). The van der Waals surface area contributed by atoms with Gasteiger partial charge in [-0.15, -0.1) is 0 Å². The molecule has 1 heterocycles. The number of hydrogen-bond donors (Lipinski definition) is 4. The molecule has 0 aliphatic carbocycles. The van der Waals surface area contributed by atoms with Crippen molar-refractivity contribution in [1.29, 1.82) is 5.41 Å². The number of hydrogen-bond acceptors (Lipinski definition) is 4. The molecule has 132 valence electrons. The summed E-state index contributed by atoms with van der Waals surface area (Å²) in [6.07, 6.45) is -0.967. The zero-order chi connectivity index (χ0) is 18.4. The van der Waals surface area contributed by atoms with Crippen molar-refractivity contribution < 1.29 is 9.53 Å². The third kappa shape index (κ3) is 4.77. The first-order valence-electron chi connectivity index (χ1n) is 7.94. The molecule has 7 heteroatoms. The minimum atomic E-state index is -0.967. The second-order valence-electron chi connectivity index (χ2n) is 5.59. The molecule has 0 spiro atoms. The topological polar surface area (TPSA) is 121 Å². The first kappa shape index (κ1) is 18.4. The van der Waals surface area contributed by atoms with Crippen LogP contribution in [0, 0.1) is 12.3 Å². The molecule has 2 aromatic rings. The number of carbonyl (C=O) groups is 1. The molecular formula is C18H22N4O3. The lowest BCUT2D eigenvalue weighted by molar-refractivity contribution is -0.133. The van der Waals surface area contributed by atoms with Gasteiger partial charge in [-0.3, -0.25) is 15.0 Å². The number of nitrogens with two attached hydrogens (primary N) is 1. The molecule has 1 amide bonds. The van der Waals surface area contributed by atoms with Crippen LogP contribution in [-0.4, -0.2) is 23.3 Å². The van der Waals surface area contributed by atoms with Gasteiger partial charge in [0.2, 0.25) is 0 Å². The van der Waals surface area contributed by atoms with Crippen LogP contribution in [0.3, 0.4) is 0 Å². The summed E-state index contributed by atoms with van der Waals surface area (Å²) in [5.74, 6) is -0.391. The number of carbonyl (C=O) groups excluding carboxylic acids is 1. The van der Waals surface area contributed by atoms with Gasteiger partial charge in [-0.1, -0.05) is 24.3 Å². The summed E-state index contributed by atoms with van der Waals surface area (Å²) in [4.78, 5) is 27.2. The predicted molar refractivity (Wildman–Crippen MR) is 95.5 cm³/mol. The van der Waals surface area contributed by atoms with Gasteiger partial charge in [0.25, 0.3) is 11.5 Å². The van der Waals surface area contributed by atoms with Gasteiger partial charge in [-0.25, -0.2) is 0 Å². The van der Waals surface area contributed by atoms with Crippen molar-refractivity contribution in [2.45, 2.75) is 26.5 Å². The van der Waals surface area contributed by atoms with Crippen molar-refractivity contribution in [3.05, 3.63) is 69.1 Å². The Balaban J connectivity index is 2.10. The van der Waals surface area contributed by atoms with Gasteiger partial charge in [0.15, 0.2) is 6.10 Å². The highest BCUT2D eigenvalue weighted by atomic mass is 16.5. The van der Waals surface area contributed by atoms with Gasteiger partial charge >= 0.3 is 0 Å². The Labute approximate surface area is 145 Å². The largest absolute Gasteiger partial charge is 0.384 e. The molecule has 7 nitrogen and oxygen atoms in total. The molecule has 0 unspecified atom stereocenters. The van der Waals surface area contributed by atoms with Crippen LogP contribution in [-0.2, 0) is 16.1 Å². The number of aryl methyl sites for hydroxylation is 1. The standard InChI is InChI=1S/C18H22N4O3/c1-3-25-15(14-9-4-11(2)22-17(14)23)18(24)21-10-12-5-7-13(8-6-12)16(19)20/h4-9,15H,3,10H2,1-2H3,(H3,19,20)(H,21,24)(H,22,23)/t15-/m0/s1. The number of rotatable bonds is 7.